The molecule has 1 fully saturated rings. The van der Waals surface area contributed by atoms with Crippen molar-refractivity contribution in [1.29, 1.82) is 0 Å². The van der Waals surface area contributed by atoms with Crippen molar-refractivity contribution >= 4 is 22.4 Å². The maximum atomic E-state index is 11.5. The zero-order chi connectivity index (χ0) is 15.2. The van der Waals surface area contributed by atoms with Crippen molar-refractivity contribution in [3.05, 3.63) is 4.88 Å². The summed E-state index contributed by atoms with van der Waals surface area (Å²) < 4.78 is 15.6. The van der Waals surface area contributed by atoms with E-state index in [1.165, 1.54) is 18.4 Å². The van der Waals surface area contributed by atoms with E-state index in [1.54, 1.807) is 0 Å². The Morgan fingerprint density at radius 1 is 1.52 bits per heavy atom. The maximum absolute atomic E-state index is 11.5. The number of carbonyl (C=O) groups excluding carboxylic acids is 1. The fourth-order valence-corrected chi connectivity index (χ4v) is 3.14. The molecule has 1 aromatic heterocycles. The van der Waals surface area contributed by atoms with Gasteiger partial charge in [-0.05, 0) is 6.92 Å². The average Bonchev–Trinajstić information content (AvgIpc) is 2.90. The average molecular weight is 315 g/mol. The van der Waals surface area contributed by atoms with Gasteiger partial charge in [0, 0.05) is 19.5 Å². The number of carbonyl (C=O) groups is 1. The summed E-state index contributed by atoms with van der Waals surface area (Å²) in [5.74, 6) is 0.127. The van der Waals surface area contributed by atoms with Gasteiger partial charge in [-0.25, -0.2) is 0 Å². The van der Waals surface area contributed by atoms with Crippen molar-refractivity contribution < 1.29 is 19.0 Å². The van der Waals surface area contributed by atoms with Gasteiger partial charge in [0.25, 0.3) is 0 Å². The molecule has 0 amide bonds. The zero-order valence-corrected chi connectivity index (χ0v) is 13.1. The molecule has 0 bridgehead atoms. The molecule has 0 radical (unpaired) electrons. The molecule has 0 spiro atoms. The Balaban J connectivity index is 2.14. The van der Waals surface area contributed by atoms with Crippen LogP contribution in [0.2, 0.25) is 0 Å². The lowest BCUT2D eigenvalue weighted by atomic mass is 10.2. The highest BCUT2D eigenvalue weighted by atomic mass is 32.1. The second kappa shape index (κ2) is 7.58. The van der Waals surface area contributed by atoms with Crippen LogP contribution in [0.15, 0.2) is 0 Å². The molecule has 1 aromatic rings. The smallest absolute Gasteiger partial charge is 0.323 e. The monoisotopic (exact) mass is 315 g/mol. The van der Waals surface area contributed by atoms with Gasteiger partial charge in [0.15, 0.2) is 5.13 Å². The molecule has 21 heavy (non-hydrogen) atoms. The van der Waals surface area contributed by atoms with E-state index in [-0.39, 0.29) is 0 Å². The van der Waals surface area contributed by atoms with Crippen molar-refractivity contribution in [2.24, 2.45) is 5.73 Å². The molecule has 0 saturated carbocycles. The number of esters is 1. The summed E-state index contributed by atoms with van der Waals surface area (Å²) in [5.41, 5.74) is 5.83. The van der Waals surface area contributed by atoms with Crippen LogP contribution >= 0.6 is 11.3 Å². The van der Waals surface area contributed by atoms with Crippen molar-refractivity contribution in [1.82, 2.24) is 4.98 Å². The Labute approximate surface area is 128 Å². The fraction of sp³-hybridized carbons (Fsp3) is 0.692. The highest BCUT2D eigenvalue weighted by molar-refractivity contribution is 7.15. The molecule has 2 N–H and O–H groups in total. The van der Waals surface area contributed by atoms with Gasteiger partial charge in [-0.3, -0.25) is 4.79 Å². The van der Waals surface area contributed by atoms with Crippen molar-refractivity contribution in [3.63, 3.8) is 0 Å². The topological polar surface area (TPSA) is 86.9 Å². The minimum absolute atomic E-state index is 0.365. The van der Waals surface area contributed by atoms with Crippen molar-refractivity contribution in [2.45, 2.75) is 19.4 Å². The summed E-state index contributed by atoms with van der Waals surface area (Å²) in [5, 5.41) is 0.883. The summed E-state index contributed by atoms with van der Waals surface area (Å²) in [6.07, 6.45) is 0.365. The van der Waals surface area contributed by atoms with Crippen LogP contribution in [0.25, 0.3) is 0 Å². The summed E-state index contributed by atoms with van der Waals surface area (Å²) >= 11 is 1.51. The van der Waals surface area contributed by atoms with Crippen LogP contribution in [-0.2, 0) is 20.7 Å². The van der Waals surface area contributed by atoms with E-state index in [2.05, 4.69) is 14.6 Å². The SMILES string of the molecule is CCOc1nc(N2CCOCC2)sc1CC(N)C(=O)OC. The highest BCUT2D eigenvalue weighted by Crippen LogP contribution is 2.33. The van der Waals surface area contributed by atoms with Gasteiger partial charge in [-0.15, -0.1) is 0 Å². The number of hydrogen-bond donors (Lipinski definition) is 1. The van der Waals surface area contributed by atoms with Crippen LogP contribution in [0.1, 0.15) is 11.8 Å². The number of thiazole rings is 1. The van der Waals surface area contributed by atoms with Crippen molar-refractivity contribution in [3.8, 4) is 5.88 Å². The van der Waals surface area contributed by atoms with Crippen LogP contribution < -0.4 is 15.4 Å². The number of methoxy groups -OCH3 is 1. The van der Waals surface area contributed by atoms with Crippen LogP contribution in [0, 0.1) is 0 Å². The molecule has 0 aromatic carbocycles. The third-order valence-electron chi connectivity index (χ3n) is 3.12. The van der Waals surface area contributed by atoms with Gasteiger partial charge < -0.3 is 24.8 Å². The molecule has 7 nitrogen and oxygen atoms in total. The molecule has 2 heterocycles. The molecule has 1 atom stereocenters. The van der Waals surface area contributed by atoms with E-state index in [0.29, 0.717) is 32.1 Å². The lowest BCUT2D eigenvalue weighted by Gasteiger charge is -2.25. The molecule has 8 heteroatoms. The minimum atomic E-state index is -0.702. The third kappa shape index (κ3) is 4.05. The summed E-state index contributed by atoms with van der Waals surface area (Å²) in [6.45, 7) is 5.43. The van der Waals surface area contributed by atoms with Crippen LogP contribution in [0.3, 0.4) is 0 Å². The predicted octanol–water partition coefficient (Wildman–Crippen LogP) is 0.421. The molecule has 2 rings (SSSR count). The zero-order valence-electron chi connectivity index (χ0n) is 12.3. The summed E-state index contributed by atoms with van der Waals surface area (Å²) in [4.78, 5) is 19.0. The first-order chi connectivity index (χ1) is 10.2. The molecular weight excluding hydrogens is 294 g/mol. The Morgan fingerprint density at radius 2 is 2.24 bits per heavy atom. The van der Waals surface area contributed by atoms with E-state index < -0.39 is 12.0 Å². The Hall–Kier alpha value is -1.38. The summed E-state index contributed by atoms with van der Waals surface area (Å²) in [7, 11) is 1.33. The molecule has 1 unspecified atom stereocenters. The molecule has 118 valence electrons. The Kier molecular flexibility index (Phi) is 5.77. The molecule has 0 aliphatic carbocycles. The lowest BCUT2D eigenvalue weighted by molar-refractivity contribution is -0.142. The Morgan fingerprint density at radius 3 is 2.86 bits per heavy atom. The van der Waals surface area contributed by atoms with E-state index in [0.717, 1.165) is 23.1 Å². The number of aromatic nitrogens is 1. The van der Waals surface area contributed by atoms with Crippen molar-refractivity contribution in [2.75, 3.05) is 44.9 Å². The second-order valence-electron chi connectivity index (χ2n) is 4.59. The number of hydrogen-bond acceptors (Lipinski definition) is 8. The summed E-state index contributed by atoms with van der Waals surface area (Å²) in [6, 6.07) is -0.702. The van der Waals surface area contributed by atoms with E-state index >= 15 is 0 Å². The maximum Gasteiger partial charge on any atom is 0.323 e. The fourth-order valence-electron chi connectivity index (χ4n) is 2.03. The van der Waals surface area contributed by atoms with E-state index in [4.69, 9.17) is 15.2 Å². The van der Waals surface area contributed by atoms with Crippen LogP contribution in [0.4, 0.5) is 5.13 Å². The van der Waals surface area contributed by atoms with Gasteiger partial charge >= 0.3 is 5.97 Å². The number of rotatable bonds is 6. The van der Waals surface area contributed by atoms with Gasteiger partial charge in [0.2, 0.25) is 5.88 Å². The number of nitrogens with zero attached hydrogens (tertiary/aromatic N) is 2. The molecule has 1 saturated heterocycles. The first-order valence-electron chi connectivity index (χ1n) is 6.94. The van der Waals surface area contributed by atoms with Crippen LogP contribution in [0.5, 0.6) is 5.88 Å². The number of anilines is 1. The van der Waals surface area contributed by atoms with E-state index in [9.17, 15) is 4.79 Å². The minimum Gasteiger partial charge on any atom is -0.477 e. The molecule has 1 aliphatic rings. The second-order valence-corrected chi connectivity index (χ2v) is 5.65. The molecule has 1 aliphatic heterocycles. The first-order valence-corrected chi connectivity index (χ1v) is 7.76. The number of nitrogens with two attached hydrogens (primary N) is 1. The molecular formula is C13H21N3O4S. The standard InChI is InChI=1S/C13H21N3O4S/c1-3-20-11-10(8-9(14)12(17)18-2)21-13(15-11)16-4-6-19-7-5-16/h9H,3-8,14H2,1-2H3. The van der Waals surface area contributed by atoms with Gasteiger partial charge in [-0.2, -0.15) is 4.98 Å². The highest BCUT2D eigenvalue weighted by Gasteiger charge is 2.23. The van der Waals surface area contributed by atoms with Crippen LogP contribution in [-0.4, -0.2) is 57.0 Å². The normalized spacial score (nSPS) is 16.6. The lowest BCUT2D eigenvalue weighted by Crippen LogP contribution is -2.36. The first kappa shape index (κ1) is 16.0. The van der Waals surface area contributed by atoms with E-state index in [1.807, 2.05) is 6.92 Å². The van der Waals surface area contributed by atoms with Gasteiger partial charge in [-0.1, -0.05) is 11.3 Å². The number of ether oxygens (including phenoxy) is 3. The largest absolute Gasteiger partial charge is 0.477 e. The quantitative estimate of drug-likeness (QED) is 0.761. The van der Waals surface area contributed by atoms with Gasteiger partial charge in [0.1, 0.15) is 6.04 Å². The Bertz CT molecular complexity index is 474. The third-order valence-corrected chi connectivity index (χ3v) is 4.24. The van der Waals surface area contributed by atoms with Gasteiger partial charge in [0.05, 0.1) is 31.8 Å². The number of morpholine rings is 1. The predicted molar refractivity (Wildman–Crippen MR) is 80.0 cm³/mol.